The number of carbonyl (C=O) groups excluding carboxylic acids is 3. The first-order valence-corrected chi connectivity index (χ1v) is 8.32. The van der Waals surface area contributed by atoms with E-state index < -0.39 is 10.9 Å². The Labute approximate surface area is 154 Å². The summed E-state index contributed by atoms with van der Waals surface area (Å²) in [5.74, 6) is -1.32. The number of nitro benzene ring substituents is 1. The third-order valence-corrected chi connectivity index (χ3v) is 4.19. The highest BCUT2D eigenvalue weighted by Gasteiger charge is 2.34. The average molecular weight is 368 g/mol. The van der Waals surface area contributed by atoms with Crippen molar-refractivity contribution in [2.75, 3.05) is 13.2 Å². The molecule has 138 valence electrons. The number of nitrogens with zero attached hydrogens (tertiary/aromatic N) is 2. The zero-order valence-electron chi connectivity index (χ0n) is 14.3. The largest absolute Gasteiger partial charge is 0.465 e. The minimum absolute atomic E-state index is 0.00682. The van der Waals surface area contributed by atoms with Crippen molar-refractivity contribution in [2.45, 2.75) is 12.8 Å². The minimum Gasteiger partial charge on any atom is -0.465 e. The van der Waals surface area contributed by atoms with E-state index in [0.717, 1.165) is 4.90 Å². The Morgan fingerprint density at radius 2 is 1.59 bits per heavy atom. The Kier molecular flexibility index (Phi) is 5.25. The predicted octanol–water partition coefficient (Wildman–Crippen LogP) is 2.37. The molecule has 0 N–H and O–H groups in total. The van der Waals surface area contributed by atoms with Gasteiger partial charge in [-0.3, -0.25) is 29.4 Å². The first-order valence-electron chi connectivity index (χ1n) is 8.32. The molecule has 27 heavy (non-hydrogen) atoms. The second-order valence-electron chi connectivity index (χ2n) is 5.94. The van der Waals surface area contributed by atoms with Gasteiger partial charge >= 0.3 is 5.97 Å². The third-order valence-electron chi connectivity index (χ3n) is 4.19. The number of amides is 2. The maximum atomic E-state index is 12.2. The summed E-state index contributed by atoms with van der Waals surface area (Å²) >= 11 is 0. The van der Waals surface area contributed by atoms with Crippen molar-refractivity contribution in [1.82, 2.24) is 4.90 Å². The van der Waals surface area contributed by atoms with Crippen molar-refractivity contribution in [2.24, 2.45) is 0 Å². The highest BCUT2D eigenvalue weighted by molar-refractivity contribution is 6.21. The smallest absolute Gasteiger partial charge is 0.310 e. The second kappa shape index (κ2) is 7.77. The molecule has 0 aliphatic carbocycles. The Morgan fingerprint density at radius 3 is 2.22 bits per heavy atom. The van der Waals surface area contributed by atoms with E-state index in [1.807, 2.05) is 0 Å². The Hall–Kier alpha value is -3.55. The summed E-state index contributed by atoms with van der Waals surface area (Å²) in [5.41, 5.74) is 0.875. The zero-order chi connectivity index (χ0) is 19.4. The number of para-hydroxylation sites is 1. The van der Waals surface area contributed by atoms with Gasteiger partial charge in [0.15, 0.2) is 0 Å². The first-order chi connectivity index (χ1) is 13.0. The second-order valence-corrected chi connectivity index (χ2v) is 5.94. The van der Waals surface area contributed by atoms with Crippen LogP contribution in [-0.4, -0.2) is 40.8 Å². The number of hydrogen-bond acceptors (Lipinski definition) is 6. The third kappa shape index (κ3) is 3.84. The number of nitro groups is 1. The van der Waals surface area contributed by atoms with E-state index in [-0.39, 0.29) is 49.1 Å². The fourth-order valence-corrected chi connectivity index (χ4v) is 2.90. The number of fused-ring (bicyclic) bond motifs is 1. The molecule has 3 rings (SSSR count). The van der Waals surface area contributed by atoms with Crippen LogP contribution in [0.15, 0.2) is 48.5 Å². The van der Waals surface area contributed by atoms with Crippen molar-refractivity contribution in [3.05, 3.63) is 75.3 Å². The highest BCUT2D eigenvalue weighted by Crippen LogP contribution is 2.22. The molecule has 0 atom stereocenters. The van der Waals surface area contributed by atoms with Crippen LogP contribution in [0.1, 0.15) is 32.7 Å². The van der Waals surface area contributed by atoms with Crippen LogP contribution < -0.4 is 0 Å². The Bertz CT molecular complexity index is 889. The molecule has 1 aliphatic rings. The van der Waals surface area contributed by atoms with Crippen LogP contribution in [0.5, 0.6) is 0 Å². The molecular formula is C19H16N2O6. The maximum absolute atomic E-state index is 12.2. The molecule has 0 saturated heterocycles. The summed E-state index contributed by atoms with van der Waals surface area (Å²) in [5, 5.41) is 10.9. The van der Waals surface area contributed by atoms with Gasteiger partial charge in [-0.15, -0.1) is 0 Å². The molecule has 0 bridgehead atoms. The van der Waals surface area contributed by atoms with Crippen LogP contribution in [0.4, 0.5) is 5.69 Å². The zero-order valence-corrected chi connectivity index (χ0v) is 14.3. The molecule has 0 saturated carbocycles. The van der Waals surface area contributed by atoms with Gasteiger partial charge in [-0.2, -0.15) is 0 Å². The summed E-state index contributed by atoms with van der Waals surface area (Å²) in [4.78, 5) is 47.8. The normalized spacial score (nSPS) is 12.8. The van der Waals surface area contributed by atoms with Gasteiger partial charge in [0.2, 0.25) is 0 Å². The van der Waals surface area contributed by atoms with E-state index in [1.54, 1.807) is 30.3 Å². The van der Waals surface area contributed by atoms with Crippen molar-refractivity contribution in [3.8, 4) is 0 Å². The summed E-state index contributed by atoms with van der Waals surface area (Å²) < 4.78 is 5.08. The lowest BCUT2D eigenvalue weighted by atomic mass is 10.1. The van der Waals surface area contributed by atoms with E-state index in [1.165, 1.54) is 18.2 Å². The van der Waals surface area contributed by atoms with Crippen LogP contribution in [0.2, 0.25) is 0 Å². The molecule has 0 fully saturated rings. The van der Waals surface area contributed by atoms with Gasteiger partial charge < -0.3 is 4.74 Å². The average Bonchev–Trinajstić information content (AvgIpc) is 2.90. The van der Waals surface area contributed by atoms with E-state index in [9.17, 15) is 24.5 Å². The predicted molar refractivity (Wildman–Crippen MR) is 94.2 cm³/mol. The quantitative estimate of drug-likeness (QED) is 0.244. The Balaban J connectivity index is 1.49. The van der Waals surface area contributed by atoms with Crippen LogP contribution in [0.25, 0.3) is 0 Å². The topological polar surface area (TPSA) is 107 Å². The standard InChI is InChI=1S/C19H16N2O6/c22-17(12-13-6-1-4-9-16(13)21(25)26)27-11-5-10-20-18(23)14-7-2-3-8-15(14)19(20)24/h1-4,6-9H,5,10-12H2. The molecule has 1 aliphatic heterocycles. The van der Waals surface area contributed by atoms with E-state index in [2.05, 4.69) is 0 Å². The van der Waals surface area contributed by atoms with Gasteiger partial charge in [0, 0.05) is 18.2 Å². The molecule has 0 radical (unpaired) electrons. The van der Waals surface area contributed by atoms with Crippen LogP contribution in [-0.2, 0) is 16.0 Å². The van der Waals surface area contributed by atoms with Crippen LogP contribution in [0, 0.1) is 10.1 Å². The van der Waals surface area contributed by atoms with Crippen molar-refractivity contribution in [3.63, 3.8) is 0 Å². The van der Waals surface area contributed by atoms with E-state index >= 15 is 0 Å². The summed E-state index contributed by atoms with van der Waals surface area (Å²) in [6, 6.07) is 12.5. The lowest BCUT2D eigenvalue weighted by Gasteiger charge is -2.13. The fraction of sp³-hybridized carbons (Fsp3) is 0.211. The van der Waals surface area contributed by atoms with E-state index in [4.69, 9.17) is 4.74 Å². The number of esters is 1. The van der Waals surface area contributed by atoms with Gasteiger partial charge in [-0.05, 0) is 18.6 Å². The highest BCUT2D eigenvalue weighted by atomic mass is 16.6. The molecule has 0 unspecified atom stereocenters. The minimum atomic E-state index is -0.605. The number of ether oxygens (including phenoxy) is 1. The van der Waals surface area contributed by atoms with Gasteiger partial charge in [0.25, 0.3) is 17.5 Å². The van der Waals surface area contributed by atoms with Crippen LogP contribution in [0.3, 0.4) is 0 Å². The molecule has 0 aromatic heterocycles. The van der Waals surface area contributed by atoms with Gasteiger partial charge in [0.05, 0.1) is 29.1 Å². The first kappa shape index (κ1) is 18.2. The van der Waals surface area contributed by atoms with Crippen molar-refractivity contribution < 1.29 is 24.0 Å². The molecular weight excluding hydrogens is 352 g/mol. The SMILES string of the molecule is O=C(Cc1ccccc1[N+](=O)[O-])OCCCN1C(=O)c2ccccc2C1=O. The van der Waals surface area contributed by atoms with Crippen molar-refractivity contribution in [1.29, 1.82) is 0 Å². The van der Waals surface area contributed by atoms with Crippen molar-refractivity contribution >= 4 is 23.5 Å². The summed E-state index contributed by atoms with van der Waals surface area (Å²) in [7, 11) is 0. The summed E-state index contributed by atoms with van der Waals surface area (Å²) in [6.07, 6.45) is 0.0677. The molecule has 2 amide bonds. The molecule has 1 heterocycles. The number of rotatable bonds is 7. The molecule has 8 nitrogen and oxygen atoms in total. The van der Waals surface area contributed by atoms with Gasteiger partial charge in [-0.1, -0.05) is 30.3 Å². The van der Waals surface area contributed by atoms with Crippen LogP contribution >= 0.6 is 0 Å². The lowest BCUT2D eigenvalue weighted by molar-refractivity contribution is -0.385. The number of hydrogen-bond donors (Lipinski definition) is 0. The number of carbonyl (C=O) groups is 3. The molecule has 2 aromatic rings. The number of benzene rings is 2. The maximum Gasteiger partial charge on any atom is 0.310 e. The van der Waals surface area contributed by atoms with Gasteiger partial charge in [-0.25, -0.2) is 0 Å². The monoisotopic (exact) mass is 368 g/mol. The van der Waals surface area contributed by atoms with Gasteiger partial charge in [0.1, 0.15) is 0 Å². The molecule has 2 aromatic carbocycles. The fourth-order valence-electron chi connectivity index (χ4n) is 2.90. The Morgan fingerprint density at radius 1 is 1.00 bits per heavy atom. The number of imide groups is 1. The lowest BCUT2D eigenvalue weighted by Crippen LogP contribution is -2.31. The molecule has 8 heteroatoms. The molecule has 0 spiro atoms. The van der Waals surface area contributed by atoms with E-state index in [0.29, 0.717) is 11.1 Å². The summed E-state index contributed by atoms with van der Waals surface area (Å²) in [6.45, 7) is 0.137.